The Morgan fingerprint density at radius 1 is 1.04 bits per heavy atom. The number of hydrogen-bond donors (Lipinski definition) is 0. The maximum atomic E-state index is 5.95. The third kappa shape index (κ3) is 3.00. The summed E-state index contributed by atoms with van der Waals surface area (Å²) in [5.41, 5.74) is 1.96. The summed E-state index contributed by atoms with van der Waals surface area (Å²) in [7, 11) is 3.23. The van der Waals surface area contributed by atoms with Crippen LogP contribution in [0.3, 0.4) is 0 Å². The number of ether oxygens (including phenoxy) is 2. The number of fused-ring (bicyclic) bond motifs is 1. The number of aromatic nitrogens is 4. The van der Waals surface area contributed by atoms with Crippen molar-refractivity contribution in [3.8, 4) is 22.1 Å². The lowest BCUT2D eigenvalue weighted by Crippen LogP contribution is -1.98. The van der Waals surface area contributed by atoms with Gasteiger partial charge in [0.05, 0.1) is 19.8 Å². The average Bonchev–Trinajstić information content (AvgIpc) is 3.24. The molecule has 0 amide bonds. The molecule has 0 saturated carbocycles. The number of methoxy groups -OCH3 is 2. The van der Waals surface area contributed by atoms with Gasteiger partial charge in [0.1, 0.15) is 0 Å². The Kier molecular flexibility index (Phi) is 4.48. The molecule has 4 rings (SSSR count). The molecular weight excluding hydrogens is 372 g/mol. The summed E-state index contributed by atoms with van der Waals surface area (Å²) in [4.78, 5) is 0.730. The number of benzene rings is 2. The molecule has 0 unspecified atom stereocenters. The maximum Gasteiger partial charge on any atom is 0.234 e. The quantitative estimate of drug-likeness (QED) is 0.516. The number of para-hydroxylation sites is 1. The summed E-state index contributed by atoms with van der Waals surface area (Å²) in [6, 6.07) is 13.4. The summed E-state index contributed by atoms with van der Waals surface area (Å²) < 4.78 is 12.7. The van der Waals surface area contributed by atoms with Crippen molar-refractivity contribution in [1.29, 1.82) is 0 Å². The standard InChI is InChI=1S/C18H15ClN4O2S/c1-24-14-5-3-4-13(16(14)25-2)17-22-23-15(20-21-18(23)26-17)10-11-6-8-12(19)9-7-11/h3-9H,10H2,1-2H3. The summed E-state index contributed by atoms with van der Waals surface area (Å²) >= 11 is 7.40. The Bertz CT molecular complexity index is 1060. The van der Waals surface area contributed by atoms with E-state index in [4.69, 9.17) is 21.1 Å². The van der Waals surface area contributed by atoms with Gasteiger partial charge in [-0.3, -0.25) is 0 Å². The van der Waals surface area contributed by atoms with Gasteiger partial charge in [-0.25, -0.2) is 0 Å². The maximum absolute atomic E-state index is 5.95. The van der Waals surface area contributed by atoms with Gasteiger partial charge in [-0.2, -0.15) is 9.61 Å². The second-order valence-corrected chi connectivity index (χ2v) is 6.95. The minimum Gasteiger partial charge on any atom is -0.493 e. The van der Waals surface area contributed by atoms with E-state index in [-0.39, 0.29) is 0 Å². The monoisotopic (exact) mass is 386 g/mol. The average molecular weight is 387 g/mol. The van der Waals surface area contributed by atoms with Gasteiger partial charge in [-0.05, 0) is 29.8 Å². The fraction of sp³-hybridized carbons (Fsp3) is 0.167. The van der Waals surface area contributed by atoms with Crippen molar-refractivity contribution < 1.29 is 9.47 Å². The minimum atomic E-state index is 0.622. The van der Waals surface area contributed by atoms with Crippen LogP contribution in [0.15, 0.2) is 42.5 Å². The molecule has 0 aliphatic heterocycles. The lowest BCUT2D eigenvalue weighted by Gasteiger charge is -2.10. The zero-order chi connectivity index (χ0) is 18.1. The van der Waals surface area contributed by atoms with Crippen LogP contribution >= 0.6 is 22.9 Å². The van der Waals surface area contributed by atoms with Crippen molar-refractivity contribution >= 4 is 27.9 Å². The van der Waals surface area contributed by atoms with E-state index in [2.05, 4.69) is 15.3 Å². The molecule has 26 heavy (non-hydrogen) atoms. The van der Waals surface area contributed by atoms with Gasteiger partial charge in [0, 0.05) is 11.4 Å². The lowest BCUT2D eigenvalue weighted by molar-refractivity contribution is 0.356. The zero-order valence-electron chi connectivity index (χ0n) is 14.1. The van der Waals surface area contributed by atoms with Crippen LogP contribution in [0.2, 0.25) is 5.02 Å². The zero-order valence-corrected chi connectivity index (χ0v) is 15.7. The molecule has 0 saturated heterocycles. The van der Waals surface area contributed by atoms with Crippen LogP contribution < -0.4 is 9.47 Å². The predicted octanol–water partition coefficient (Wildman–Crippen LogP) is 4.11. The van der Waals surface area contributed by atoms with E-state index in [0.717, 1.165) is 26.9 Å². The van der Waals surface area contributed by atoms with Crippen molar-refractivity contribution in [2.24, 2.45) is 0 Å². The highest BCUT2D eigenvalue weighted by molar-refractivity contribution is 7.19. The second kappa shape index (κ2) is 6.93. The Hall–Kier alpha value is -2.64. The fourth-order valence-corrected chi connectivity index (χ4v) is 3.72. The van der Waals surface area contributed by atoms with Crippen LogP contribution in [0, 0.1) is 0 Å². The summed E-state index contributed by atoms with van der Waals surface area (Å²) in [6.45, 7) is 0. The summed E-state index contributed by atoms with van der Waals surface area (Å²) in [6.07, 6.45) is 0.622. The fourth-order valence-electron chi connectivity index (χ4n) is 2.72. The number of halogens is 1. The first-order valence-corrected chi connectivity index (χ1v) is 9.06. The largest absolute Gasteiger partial charge is 0.493 e. The third-order valence-corrected chi connectivity index (χ3v) is 5.15. The molecule has 4 aromatic rings. The second-order valence-electron chi connectivity index (χ2n) is 5.56. The van der Waals surface area contributed by atoms with Crippen LogP contribution in [0.4, 0.5) is 0 Å². The van der Waals surface area contributed by atoms with Crippen LogP contribution in [-0.4, -0.2) is 34.0 Å². The molecule has 8 heteroatoms. The van der Waals surface area contributed by atoms with E-state index in [1.165, 1.54) is 11.3 Å². The Morgan fingerprint density at radius 3 is 2.58 bits per heavy atom. The van der Waals surface area contributed by atoms with Gasteiger partial charge in [0.25, 0.3) is 0 Å². The molecule has 0 N–H and O–H groups in total. The van der Waals surface area contributed by atoms with E-state index < -0.39 is 0 Å². The van der Waals surface area contributed by atoms with Crippen molar-refractivity contribution in [1.82, 2.24) is 19.8 Å². The first kappa shape index (κ1) is 16.8. The van der Waals surface area contributed by atoms with Crippen molar-refractivity contribution in [2.75, 3.05) is 14.2 Å². The number of hydrogen-bond acceptors (Lipinski definition) is 6. The van der Waals surface area contributed by atoms with Crippen LogP contribution in [0.5, 0.6) is 11.5 Å². The van der Waals surface area contributed by atoms with Crippen molar-refractivity contribution in [2.45, 2.75) is 6.42 Å². The topological polar surface area (TPSA) is 61.5 Å². The molecular formula is C18H15ClN4O2S. The lowest BCUT2D eigenvalue weighted by atomic mass is 10.1. The molecule has 0 bridgehead atoms. The van der Waals surface area contributed by atoms with Gasteiger partial charge < -0.3 is 9.47 Å². The van der Waals surface area contributed by atoms with Gasteiger partial charge in [-0.1, -0.05) is 41.1 Å². The summed E-state index contributed by atoms with van der Waals surface area (Å²) in [5, 5.41) is 14.7. The summed E-state index contributed by atoms with van der Waals surface area (Å²) in [5.74, 6) is 2.09. The molecule has 132 valence electrons. The number of rotatable bonds is 5. The molecule has 0 aliphatic carbocycles. The van der Waals surface area contributed by atoms with Gasteiger partial charge in [-0.15, -0.1) is 10.2 Å². The van der Waals surface area contributed by atoms with Gasteiger partial charge in [0.2, 0.25) is 4.96 Å². The van der Waals surface area contributed by atoms with E-state index in [0.29, 0.717) is 22.9 Å². The van der Waals surface area contributed by atoms with E-state index in [1.807, 2.05) is 42.5 Å². The first-order valence-electron chi connectivity index (χ1n) is 7.86. The van der Waals surface area contributed by atoms with E-state index >= 15 is 0 Å². The molecule has 0 atom stereocenters. The Morgan fingerprint density at radius 2 is 1.85 bits per heavy atom. The molecule has 0 spiro atoms. The minimum absolute atomic E-state index is 0.622. The van der Waals surface area contributed by atoms with Crippen LogP contribution in [0.25, 0.3) is 15.5 Å². The van der Waals surface area contributed by atoms with Gasteiger partial charge in [0.15, 0.2) is 22.3 Å². The SMILES string of the molecule is COc1cccc(-c2nn3c(Cc4ccc(Cl)cc4)nnc3s2)c1OC. The smallest absolute Gasteiger partial charge is 0.234 e. The Balaban J connectivity index is 1.73. The molecule has 0 radical (unpaired) electrons. The highest BCUT2D eigenvalue weighted by Crippen LogP contribution is 2.39. The van der Waals surface area contributed by atoms with Crippen LogP contribution in [0.1, 0.15) is 11.4 Å². The van der Waals surface area contributed by atoms with Crippen molar-refractivity contribution in [3.63, 3.8) is 0 Å². The van der Waals surface area contributed by atoms with Crippen LogP contribution in [-0.2, 0) is 6.42 Å². The van der Waals surface area contributed by atoms with Crippen molar-refractivity contribution in [3.05, 3.63) is 58.9 Å². The molecule has 6 nitrogen and oxygen atoms in total. The first-order chi connectivity index (χ1) is 12.7. The molecule has 2 aromatic carbocycles. The normalized spacial score (nSPS) is 11.0. The van der Waals surface area contributed by atoms with E-state index in [9.17, 15) is 0 Å². The molecule has 0 aliphatic rings. The third-order valence-electron chi connectivity index (χ3n) is 3.96. The molecule has 2 aromatic heterocycles. The van der Waals surface area contributed by atoms with E-state index in [1.54, 1.807) is 18.7 Å². The predicted molar refractivity (Wildman–Crippen MR) is 101 cm³/mol. The molecule has 2 heterocycles. The van der Waals surface area contributed by atoms with Gasteiger partial charge >= 0.3 is 0 Å². The highest BCUT2D eigenvalue weighted by atomic mass is 35.5. The molecule has 0 fully saturated rings. The Labute approximate surface area is 159 Å². The number of nitrogens with zero attached hydrogens (tertiary/aromatic N) is 4. The highest BCUT2D eigenvalue weighted by Gasteiger charge is 2.18.